The molecule has 0 bridgehead atoms. The predicted molar refractivity (Wildman–Crippen MR) is 123 cm³/mol. The molecule has 0 aliphatic carbocycles. The molecule has 4 rings (SSSR count). The van der Waals surface area contributed by atoms with E-state index in [9.17, 15) is 26.2 Å². The third kappa shape index (κ3) is 4.32. The maximum absolute atomic E-state index is 12.7. The molecule has 1 heterocycles. The predicted octanol–water partition coefficient (Wildman–Crippen LogP) is 4.27. The summed E-state index contributed by atoms with van der Waals surface area (Å²) >= 11 is 3.20. The van der Waals surface area contributed by atoms with Crippen LogP contribution in [0.15, 0.2) is 96.3 Å². The van der Waals surface area contributed by atoms with Crippen LogP contribution in [0.2, 0.25) is 0 Å². The van der Waals surface area contributed by atoms with Gasteiger partial charge in [-0.3, -0.25) is 9.27 Å². The van der Waals surface area contributed by atoms with E-state index in [1.807, 2.05) is 0 Å². The van der Waals surface area contributed by atoms with Gasteiger partial charge in [-0.25, -0.2) is 13.2 Å². The summed E-state index contributed by atoms with van der Waals surface area (Å²) in [6.07, 6.45) is 0. The first-order valence-electron chi connectivity index (χ1n) is 8.98. The summed E-state index contributed by atoms with van der Waals surface area (Å²) in [5.41, 5.74) is -0.856. The quantitative estimate of drug-likeness (QED) is 0.288. The zero-order valence-corrected chi connectivity index (χ0v) is 19.2. The number of hydrogen-bond acceptors (Lipinski definition) is 6. The molecule has 0 saturated heterocycles. The molecule has 0 amide bonds. The Morgan fingerprint density at radius 1 is 0.844 bits per heavy atom. The lowest BCUT2D eigenvalue weighted by atomic mass is 10.0. The molecule has 8 nitrogen and oxygen atoms in total. The van der Waals surface area contributed by atoms with Gasteiger partial charge in [0.05, 0.1) is 4.90 Å². The molecule has 0 radical (unpaired) electrons. The molecule has 0 aliphatic heterocycles. The van der Waals surface area contributed by atoms with Gasteiger partial charge in [-0.05, 0) is 30.3 Å². The Balaban J connectivity index is 1.85. The van der Waals surface area contributed by atoms with Crippen LogP contribution < -0.4 is 10.3 Å². The fourth-order valence-corrected chi connectivity index (χ4v) is 5.53. The van der Waals surface area contributed by atoms with Crippen LogP contribution in [0.1, 0.15) is 0 Å². The maximum atomic E-state index is 12.7. The van der Waals surface area contributed by atoms with Gasteiger partial charge in [0, 0.05) is 21.0 Å². The van der Waals surface area contributed by atoms with Gasteiger partial charge in [0.1, 0.15) is 16.2 Å². The molecule has 0 aliphatic rings. The van der Waals surface area contributed by atoms with Gasteiger partial charge in [-0.15, -0.1) is 0 Å². The maximum Gasteiger partial charge on any atom is 0.360 e. The monoisotopic (exact) mass is 535 g/mol. The van der Waals surface area contributed by atoms with Crippen molar-refractivity contribution in [2.45, 2.75) is 9.79 Å². The summed E-state index contributed by atoms with van der Waals surface area (Å²) in [5.74, 6) is 0. The van der Waals surface area contributed by atoms with E-state index in [1.165, 1.54) is 42.5 Å². The highest BCUT2D eigenvalue weighted by Gasteiger charge is 2.21. The number of benzene rings is 3. The van der Waals surface area contributed by atoms with Crippen molar-refractivity contribution in [2.24, 2.45) is 0 Å². The molecule has 1 aromatic heterocycles. The van der Waals surface area contributed by atoms with E-state index in [4.69, 9.17) is 4.42 Å². The second-order valence-corrected chi connectivity index (χ2v) is 10.7. The smallest absolute Gasteiger partial charge is 0.360 e. The molecule has 4 aromatic rings. The topological polar surface area (TPSA) is 131 Å². The van der Waals surface area contributed by atoms with Crippen LogP contribution >= 0.6 is 15.9 Å². The molecular formula is C21H14BrNO7S2. The number of para-hydroxylation sites is 1. The molecule has 0 saturated carbocycles. The first-order valence-corrected chi connectivity index (χ1v) is 12.7. The third-order valence-electron chi connectivity index (χ3n) is 4.57. The average molecular weight is 536 g/mol. The highest BCUT2D eigenvalue weighted by atomic mass is 79.9. The van der Waals surface area contributed by atoms with Crippen molar-refractivity contribution in [2.75, 3.05) is 4.72 Å². The van der Waals surface area contributed by atoms with E-state index >= 15 is 0 Å². The number of nitrogens with one attached hydrogen (secondary N) is 1. The fourth-order valence-electron chi connectivity index (χ4n) is 3.18. The van der Waals surface area contributed by atoms with Crippen LogP contribution in [0.4, 0.5) is 5.69 Å². The van der Waals surface area contributed by atoms with Crippen LogP contribution in [0.3, 0.4) is 0 Å². The Morgan fingerprint density at radius 2 is 1.53 bits per heavy atom. The summed E-state index contributed by atoms with van der Waals surface area (Å²) in [6.45, 7) is 0. The minimum atomic E-state index is -4.54. The Bertz CT molecular complexity index is 1630. The highest BCUT2D eigenvalue weighted by molar-refractivity contribution is 9.10. The van der Waals surface area contributed by atoms with E-state index < -0.39 is 25.8 Å². The van der Waals surface area contributed by atoms with Crippen LogP contribution in [-0.4, -0.2) is 21.4 Å². The molecular weight excluding hydrogens is 522 g/mol. The first-order chi connectivity index (χ1) is 15.1. The zero-order chi connectivity index (χ0) is 23.1. The van der Waals surface area contributed by atoms with Crippen molar-refractivity contribution in [1.29, 1.82) is 0 Å². The van der Waals surface area contributed by atoms with E-state index in [-0.39, 0.29) is 32.2 Å². The normalized spacial score (nSPS) is 12.1. The Morgan fingerprint density at radius 3 is 2.25 bits per heavy atom. The lowest BCUT2D eigenvalue weighted by Gasteiger charge is -2.11. The van der Waals surface area contributed by atoms with Crippen molar-refractivity contribution in [3.63, 3.8) is 0 Å². The van der Waals surface area contributed by atoms with Gasteiger partial charge in [0.15, 0.2) is 0 Å². The fraction of sp³-hybridized carbons (Fsp3) is 0. The largest absolute Gasteiger partial charge is 0.421 e. The van der Waals surface area contributed by atoms with E-state index in [1.54, 1.807) is 30.3 Å². The van der Waals surface area contributed by atoms with Crippen molar-refractivity contribution in [3.05, 3.63) is 87.7 Å². The lowest BCUT2D eigenvalue weighted by Crippen LogP contribution is -2.18. The minimum Gasteiger partial charge on any atom is -0.421 e. The average Bonchev–Trinajstić information content (AvgIpc) is 2.73. The first kappa shape index (κ1) is 22.2. The van der Waals surface area contributed by atoms with Crippen LogP contribution in [0.25, 0.3) is 22.1 Å². The van der Waals surface area contributed by atoms with Gasteiger partial charge < -0.3 is 4.42 Å². The molecule has 0 spiro atoms. The van der Waals surface area contributed by atoms with Gasteiger partial charge >= 0.3 is 5.63 Å². The molecule has 0 fully saturated rings. The SMILES string of the molecule is O=c1oc2c(-c3ccccc3S(=O)(=O)O)cccc2cc1NS(=O)(=O)c1cccc(Br)c1. The number of anilines is 1. The standard InChI is InChI=1S/C21H14BrNO7S2/c22-14-6-4-7-15(12-14)31(25,26)23-18-11-13-5-3-9-17(20(13)30-21(18)24)16-8-1-2-10-19(16)32(27,28)29/h1-12,23H,(H,27,28,29). The van der Waals surface area contributed by atoms with E-state index in [0.29, 0.717) is 9.86 Å². The molecule has 0 unspecified atom stereocenters. The highest BCUT2D eigenvalue weighted by Crippen LogP contribution is 2.33. The van der Waals surface area contributed by atoms with Crippen molar-refractivity contribution < 1.29 is 25.8 Å². The number of hydrogen-bond donors (Lipinski definition) is 2. The van der Waals surface area contributed by atoms with Gasteiger partial charge in [0.25, 0.3) is 20.1 Å². The summed E-state index contributed by atoms with van der Waals surface area (Å²) in [6, 6.07) is 17.7. The van der Waals surface area contributed by atoms with Crippen LogP contribution in [0.5, 0.6) is 0 Å². The Labute approximate surface area is 191 Å². The zero-order valence-electron chi connectivity index (χ0n) is 16.0. The second kappa shape index (κ2) is 8.17. The summed E-state index contributed by atoms with van der Waals surface area (Å²) < 4.78 is 66.6. The number of fused-ring (bicyclic) bond motifs is 1. The second-order valence-electron chi connectivity index (χ2n) is 6.71. The minimum absolute atomic E-state index is 0.0407. The molecule has 32 heavy (non-hydrogen) atoms. The summed E-state index contributed by atoms with van der Waals surface area (Å²) in [7, 11) is -8.61. The molecule has 11 heteroatoms. The Hall–Kier alpha value is -2.99. The molecule has 164 valence electrons. The van der Waals surface area contributed by atoms with Crippen LogP contribution in [-0.2, 0) is 20.1 Å². The van der Waals surface area contributed by atoms with E-state index in [2.05, 4.69) is 20.7 Å². The van der Waals surface area contributed by atoms with E-state index in [0.717, 1.165) is 0 Å². The molecule has 0 atom stereocenters. The third-order valence-corrected chi connectivity index (χ3v) is 7.33. The van der Waals surface area contributed by atoms with Gasteiger partial charge in [0.2, 0.25) is 0 Å². The van der Waals surface area contributed by atoms with Crippen LogP contribution in [0, 0.1) is 0 Å². The van der Waals surface area contributed by atoms with Crippen molar-refractivity contribution in [1.82, 2.24) is 0 Å². The van der Waals surface area contributed by atoms with Gasteiger partial charge in [-0.1, -0.05) is 58.4 Å². The Kier molecular flexibility index (Phi) is 5.67. The number of halogens is 1. The number of rotatable bonds is 5. The van der Waals surface area contributed by atoms with Gasteiger partial charge in [-0.2, -0.15) is 8.42 Å². The lowest BCUT2D eigenvalue weighted by molar-refractivity contribution is 0.483. The number of sulfonamides is 1. The molecule has 2 N–H and O–H groups in total. The summed E-state index contributed by atoms with van der Waals surface area (Å²) in [5, 5.41) is 0.346. The molecule has 3 aromatic carbocycles. The summed E-state index contributed by atoms with van der Waals surface area (Å²) in [4.78, 5) is 12.2. The van der Waals surface area contributed by atoms with Crippen molar-refractivity contribution in [3.8, 4) is 11.1 Å². The van der Waals surface area contributed by atoms with Crippen molar-refractivity contribution >= 4 is 52.7 Å².